The van der Waals surface area contributed by atoms with Crippen molar-refractivity contribution in [3.05, 3.63) is 36.2 Å². The molecule has 0 aliphatic rings. The van der Waals surface area contributed by atoms with Crippen LogP contribution in [0.3, 0.4) is 0 Å². The van der Waals surface area contributed by atoms with Gasteiger partial charge in [-0.1, -0.05) is 0 Å². The van der Waals surface area contributed by atoms with E-state index in [0.29, 0.717) is 5.75 Å². The lowest BCUT2D eigenvalue weighted by atomic mass is 10.2. The van der Waals surface area contributed by atoms with E-state index in [2.05, 4.69) is 5.10 Å². The lowest BCUT2D eigenvalue weighted by molar-refractivity contribution is -0.137. The summed E-state index contributed by atoms with van der Waals surface area (Å²) in [6.07, 6.45) is -1.41. The average Bonchev–Trinajstić information content (AvgIpc) is 2.75. The van der Waals surface area contributed by atoms with E-state index in [9.17, 15) is 13.2 Å². The molecule has 0 unspecified atom stereocenters. The van der Waals surface area contributed by atoms with Gasteiger partial charge in [0.2, 0.25) is 0 Å². The molecule has 20 heavy (non-hydrogen) atoms. The van der Waals surface area contributed by atoms with Crippen LogP contribution in [0.15, 0.2) is 30.6 Å². The summed E-state index contributed by atoms with van der Waals surface area (Å²) in [4.78, 5) is 0. The first-order valence-corrected chi connectivity index (χ1v) is 5.95. The van der Waals surface area contributed by atoms with Crippen molar-refractivity contribution in [2.24, 2.45) is 0 Å². The molecule has 2 aromatic rings. The van der Waals surface area contributed by atoms with Crippen molar-refractivity contribution in [2.75, 3.05) is 5.73 Å². The van der Waals surface area contributed by atoms with Crippen LogP contribution in [0.2, 0.25) is 0 Å². The van der Waals surface area contributed by atoms with E-state index in [1.807, 2.05) is 13.8 Å². The van der Waals surface area contributed by atoms with E-state index in [1.54, 1.807) is 10.9 Å². The third-order valence-electron chi connectivity index (χ3n) is 2.60. The minimum absolute atomic E-state index is 0.00826. The number of hydrogen-bond acceptors (Lipinski definition) is 3. The molecule has 108 valence electrons. The predicted octanol–water partition coefficient (Wildman–Crippen LogP) is 3.86. The number of aromatic nitrogens is 2. The van der Waals surface area contributed by atoms with Gasteiger partial charge >= 0.3 is 6.18 Å². The first kappa shape index (κ1) is 14.2. The molecule has 0 aliphatic heterocycles. The Labute approximate surface area is 114 Å². The minimum atomic E-state index is -4.46. The normalized spacial score (nSPS) is 11.9. The molecule has 7 heteroatoms. The Morgan fingerprint density at radius 1 is 1.20 bits per heavy atom. The standard InChI is InChI=1S/C13H14F3N3O/c1-8(2)19-7-12(6-18-19)20-11-4-9(13(14,15)16)3-10(17)5-11/h3-8H,17H2,1-2H3. The Bertz CT molecular complexity index is 605. The van der Waals surface area contributed by atoms with Crippen molar-refractivity contribution in [2.45, 2.75) is 26.1 Å². The third-order valence-corrected chi connectivity index (χ3v) is 2.60. The van der Waals surface area contributed by atoms with Crippen molar-refractivity contribution in [1.29, 1.82) is 0 Å². The fraction of sp³-hybridized carbons (Fsp3) is 0.308. The summed E-state index contributed by atoms with van der Waals surface area (Å²) in [7, 11) is 0. The molecule has 2 N–H and O–H groups in total. The van der Waals surface area contributed by atoms with Crippen molar-refractivity contribution >= 4 is 5.69 Å². The Morgan fingerprint density at radius 3 is 2.45 bits per heavy atom. The highest BCUT2D eigenvalue weighted by molar-refractivity contribution is 5.49. The molecule has 0 radical (unpaired) electrons. The molecule has 0 fully saturated rings. The number of nitrogens with zero attached hydrogens (tertiary/aromatic N) is 2. The highest BCUT2D eigenvalue weighted by atomic mass is 19.4. The van der Waals surface area contributed by atoms with Crippen LogP contribution in [-0.4, -0.2) is 9.78 Å². The van der Waals surface area contributed by atoms with Gasteiger partial charge in [0.05, 0.1) is 18.0 Å². The van der Waals surface area contributed by atoms with E-state index in [4.69, 9.17) is 10.5 Å². The molecule has 0 saturated heterocycles. The zero-order valence-electron chi connectivity index (χ0n) is 11.0. The summed E-state index contributed by atoms with van der Waals surface area (Å²) >= 11 is 0. The minimum Gasteiger partial charge on any atom is -0.454 e. The smallest absolute Gasteiger partial charge is 0.416 e. The maximum absolute atomic E-state index is 12.7. The van der Waals surface area contributed by atoms with Crippen LogP contribution in [0.5, 0.6) is 11.5 Å². The number of rotatable bonds is 3. The first-order chi connectivity index (χ1) is 9.25. The molecule has 0 saturated carbocycles. The van der Waals surface area contributed by atoms with Crippen LogP contribution in [-0.2, 0) is 6.18 Å². The largest absolute Gasteiger partial charge is 0.454 e. The lowest BCUT2D eigenvalue weighted by Crippen LogP contribution is -2.06. The van der Waals surface area contributed by atoms with Crippen LogP contribution >= 0.6 is 0 Å². The van der Waals surface area contributed by atoms with Gasteiger partial charge in [-0.15, -0.1) is 0 Å². The highest BCUT2D eigenvalue weighted by Crippen LogP contribution is 2.34. The summed E-state index contributed by atoms with van der Waals surface area (Å²) < 4.78 is 45.0. The monoisotopic (exact) mass is 285 g/mol. The summed E-state index contributed by atoms with van der Waals surface area (Å²) in [5.74, 6) is 0.387. The summed E-state index contributed by atoms with van der Waals surface area (Å²) in [6, 6.07) is 3.24. The molecule has 0 bridgehead atoms. The van der Waals surface area contributed by atoms with Gasteiger partial charge in [-0.3, -0.25) is 4.68 Å². The Balaban J connectivity index is 2.26. The number of alkyl halides is 3. The van der Waals surface area contributed by atoms with Gasteiger partial charge in [0, 0.05) is 17.8 Å². The van der Waals surface area contributed by atoms with Gasteiger partial charge in [-0.05, 0) is 26.0 Å². The first-order valence-electron chi connectivity index (χ1n) is 5.95. The molecule has 0 aliphatic carbocycles. The van der Waals surface area contributed by atoms with E-state index in [1.165, 1.54) is 12.3 Å². The zero-order chi connectivity index (χ0) is 14.9. The number of benzene rings is 1. The van der Waals surface area contributed by atoms with Crippen molar-refractivity contribution in [3.63, 3.8) is 0 Å². The number of anilines is 1. The van der Waals surface area contributed by atoms with Gasteiger partial charge in [-0.25, -0.2) is 0 Å². The topological polar surface area (TPSA) is 53.1 Å². The van der Waals surface area contributed by atoms with E-state index in [0.717, 1.165) is 12.1 Å². The summed E-state index contributed by atoms with van der Waals surface area (Å²) in [5.41, 5.74) is 4.61. The van der Waals surface area contributed by atoms with Crippen molar-refractivity contribution < 1.29 is 17.9 Å². The molecule has 0 amide bonds. The quantitative estimate of drug-likeness (QED) is 0.871. The fourth-order valence-electron chi connectivity index (χ4n) is 1.64. The molecule has 2 rings (SSSR count). The van der Waals surface area contributed by atoms with Gasteiger partial charge in [0.15, 0.2) is 5.75 Å². The molecule has 0 atom stereocenters. The number of ether oxygens (including phenoxy) is 1. The molecule has 0 spiro atoms. The molecular weight excluding hydrogens is 271 g/mol. The van der Waals surface area contributed by atoms with Crippen LogP contribution in [0, 0.1) is 0 Å². The molecule has 1 aromatic heterocycles. The number of halogens is 3. The number of hydrogen-bond donors (Lipinski definition) is 1. The highest BCUT2D eigenvalue weighted by Gasteiger charge is 2.31. The van der Waals surface area contributed by atoms with Crippen LogP contribution < -0.4 is 10.5 Å². The molecular formula is C13H14F3N3O. The predicted molar refractivity (Wildman–Crippen MR) is 68.5 cm³/mol. The maximum atomic E-state index is 12.7. The van der Waals surface area contributed by atoms with Crippen LogP contribution in [0.25, 0.3) is 0 Å². The second-order valence-corrected chi connectivity index (χ2v) is 4.64. The average molecular weight is 285 g/mol. The SMILES string of the molecule is CC(C)n1cc(Oc2cc(N)cc(C(F)(F)F)c2)cn1. The summed E-state index contributed by atoms with van der Waals surface area (Å²) in [6.45, 7) is 3.86. The Hall–Kier alpha value is -2.18. The van der Waals surface area contributed by atoms with E-state index < -0.39 is 11.7 Å². The van der Waals surface area contributed by atoms with Crippen LogP contribution in [0.4, 0.5) is 18.9 Å². The van der Waals surface area contributed by atoms with Crippen molar-refractivity contribution in [1.82, 2.24) is 9.78 Å². The number of nitrogens with two attached hydrogens (primary N) is 1. The van der Waals surface area contributed by atoms with Gasteiger partial charge in [0.25, 0.3) is 0 Å². The van der Waals surface area contributed by atoms with Gasteiger partial charge < -0.3 is 10.5 Å². The van der Waals surface area contributed by atoms with Crippen molar-refractivity contribution in [3.8, 4) is 11.5 Å². The summed E-state index contributed by atoms with van der Waals surface area (Å²) in [5, 5.41) is 4.04. The number of nitrogen functional groups attached to an aromatic ring is 1. The second kappa shape index (κ2) is 5.07. The van der Waals surface area contributed by atoms with Gasteiger partial charge in [0.1, 0.15) is 5.75 Å². The Morgan fingerprint density at radius 2 is 1.90 bits per heavy atom. The Kier molecular flexibility index (Phi) is 3.61. The van der Waals surface area contributed by atoms with Crippen LogP contribution in [0.1, 0.15) is 25.5 Å². The van der Waals surface area contributed by atoms with Gasteiger partial charge in [-0.2, -0.15) is 18.3 Å². The maximum Gasteiger partial charge on any atom is 0.416 e. The molecule has 4 nitrogen and oxygen atoms in total. The fourth-order valence-corrected chi connectivity index (χ4v) is 1.64. The molecule has 1 aromatic carbocycles. The second-order valence-electron chi connectivity index (χ2n) is 4.64. The third kappa shape index (κ3) is 3.23. The lowest BCUT2D eigenvalue weighted by Gasteiger charge is -2.10. The van der Waals surface area contributed by atoms with E-state index in [-0.39, 0.29) is 17.5 Å². The molecule has 1 heterocycles. The zero-order valence-corrected chi connectivity index (χ0v) is 11.0. The van der Waals surface area contributed by atoms with E-state index >= 15 is 0 Å².